The van der Waals surface area contributed by atoms with Crippen LogP contribution in [0.4, 0.5) is 5.69 Å². The molecule has 1 aromatic rings. The van der Waals surface area contributed by atoms with Gasteiger partial charge in [-0.2, -0.15) is 5.26 Å². The van der Waals surface area contributed by atoms with Gasteiger partial charge in [0.25, 0.3) is 0 Å². The molecule has 0 saturated heterocycles. The van der Waals surface area contributed by atoms with Crippen LogP contribution in [0.2, 0.25) is 0 Å². The van der Waals surface area contributed by atoms with Gasteiger partial charge in [-0.3, -0.25) is 4.79 Å². The number of rotatable bonds is 5. The molecule has 1 amide bonds. The number of benzene rings is 1. The van der Waals surface area contributed by atoms with Gasteiger partial charge in [0.1, 0.15) is 6.04 Å². The standard InChI is InChI=1S/C15H21N3O/c1-5-18(6-2)15(19)12(3)17(4)14-9-7-13(11-16)8-10-14/h7-10,12H,5-6H2,1-4H3. The molecule has 0 aliphatic carbocycles. The van der Waals surface area contributed by atoms with Crippen molar-refractivity contribution in [2.24, 2.45) is 0 Å². The van der Waals surface area contributed by atoms with Crippen LogP contribution < -0.4 is 4.90 Å². The minimum atomic E-state index is -0.215. The van der Waals surface area contributed by atoms with Crippen LogP contribution in [0.25, 0.3) is 0 Å². The number of carbonyl (C=O) groups excluding carboxylic acids is 1. The summed E-state index contributed by atoms with van der Waals surface area (Å²) in [5.74, 6) is 0.122. The molecular weight excluding hydrogens is 238 g/mol. The van der Waals surface area contributed by atoms with E-state index in [1.807, 2.05) is 49.8 Å². The molecule has 0 fully saturated rings. The second-order valence-electron chi connectivity index (χ2n) is 4.46. The Morgan fingerprint density at radius 2 is 1.79 bits per heavy atom. The summed E-state index contributed by atoms with van der Waals surface area (Å²) in [6, 6.07) is 9.13. The van der Waals surface area contributed by atoms with E-state index in [9.17, 15) is 4.79 Å². The van der Waals surface area contributed by atoms with Gasteiger partial charge in [-0.25, -0.2) is 0 Å². The van der Waals surface area contributed by atoms with Crippen molar-refractivity contribution in [2.45, 2.75) is 26.8 Å². The number of hydrogen-bond acceptors (Lipinski definition) is 3. The largest absolute Gasteiger partial charge is 0.363 e. The van der Waals surface area contributed by atoms with Crippen LogP contribution in [0.5, 0.6) is 0 Å². The molecule has 4 nitrogen and oxygen atoms in total. The molecule has 0 radical (unpaired) electrons. The number of likely N-dealkylation sites (N-methyl/N-ethyl adjacent to an activating group) is 2. The highest BCUT2D eigenvalue weighted by Crippen LogP contribution is 2.17. The van der Waals surface area contributed by atoms with Gasteiger partial charge in [0, 0.05) is 25.8 Å². The molecule has 1 unspecified atom stereocenters. The van der Waals surface area contributed by atoms with Crippen molar-refractivity contribution in [3.63, 3.8) is 0 Å². The summed E-state index contributed by atoms with van der Waals surface area (Å²) < 4.78 is 0. The van der Waals surface area contributed by atoms with Crippen LogP contribution in [0.15, 0.2) is 24.3 Å². The number of carbonyl (C=O) groups is 1. The summed E-state index contributed by atoms with van der Waals surface area (Å²) in [4.78, 5) is 16.0. The molecule has 0 aromatic heterocycles. The van der Waals surface area contributed by atoms with Crippen LogP contribution in [0.3, 0.4) is 0 Å². The summed E-state index contributed by atoms with van der Waals surface area (Å²) in [6.07, 6.45) is 0. The molecular formula is C15H21N3O. The Bertz CT molecular complexity index is 457. The fraction of sp³-hybridized carbons (Fsp3) is 0.467. The van der Waals surface area contributed by atoms with Crippen molar-refractivity contribution in [1.29, 1.82) is 5.26 Å². The number of anilines is 1. The van der Waals surface area contributed by atoms with Crippen LogP contribution >= 0.6 is 0 Å². The number of amides is 1. The molecule has 0 aliphatic heterocycles. The normalized spacial score (nSPS) is 11.5. The summed E-state index contributed by atoms with van der Waals surface area (Å²) in [7, 11) is 1.90. The van der Waals surface area contributed by atoms with Crippen molar-refractivity contribution < 1.29 is 4.79 Å². The third kappa shape index (κ3) is 3.47. The second kappa shape index (κ2) is 6.79. The van der Waals surface area contributed by atoms with Crippen molar-refractivity contribution in [1.82, 2.24) is 4.90 Å². The molecule has 4 heteroatoms. The fourth-order valence-corrected chi connectivity index (χ4v) is 1.96. The molecule has 1 aromatic carbocycles. The number of nitriles is 1. The average Bonchev–Trinajstić information content (AvgIpc) is 2.47. The Balaban J connectivity index is 2.83. The maximum absolute atomic E-state index is 12.3. The lowest BCUT2D eigenvalue weighted by Gasteiger charge is -2.30. The lowest BCUT2D eigenvalue weighted by atomic mass is 10.1. The average molecular weight is 259 g/mol. The first-order valence-corrected chi connectivity index (χ1v) is 6.56. The summed E-state index contributed by atoms with van der Waals surface area (Å²) in [6.45, 7) is 7.31. The Morgan fingerprint density at radius 1 is 1.26 bits per heavy atom. The first-order chi connectivity index (χ1) is 9.04. The lowest BCUT2D eigenvalue weighted by Crippen LogP contribution is -2.45. The first-order valence-electron chi connectivity index (χ1n) is 6.56. The Hall–Kier alpha value is -2.02. The highest BCUT2D eigenvalue weighted by atomic mass is 16.2. The predicted molar refractivity (Wildman–Crippen MR) is 77.0 cm³/mol. The van der Waals surface area contributed by atoms with E-state index in [2.05, 4.69) is 6.07 Å². The quantitative estimate of drug-likeness (QED) is 0.815. The van der Waals surface area contributed by atoms with Gasteiger partial charge in [-0.1, -0.05) is 0 Å². The van der Waals surface area contributed by atoms with Crippen LogP contribution in [0, 0.1) is 11.3 Å². The van der Waals surface area contributed by atoms with E-state index < -0.39 is 0 Å². The van der Waals surface area contributed by atoms with Gasteiger partial charge in [-0.05, 0) is 45.0 Å². The Kier molecular flexibility index (Phi) is 5.37. The number of hydrogen-bond donors (Lipinski definition) is 0. The molecule has 0 bridgehead atoms. The van der Waals surface area contributed by atoms with Gasteiger partial charge in [0.2, 0.25) is 5.91 Å². The predicted octanol–water partition coefficient (Wildman–Crippen LogP) is 2.25. The number of nitrogens with zero attached hydrogens (tertiary/aromatic N) is 3. The fourth-order valence-electron chi connectivity index (χ4n) is 1.96. The van der Waals surface area contributed by atoms with Crippen LogP contribution in [0.1, 0.15) is 26.3 Å². The molecule has 0 N–H and O–H groups in total. The van der Waals surface area contributed by atoms with E-state index in [0.29, 0.717) is 5.56 Å². The Labute approximate surface area is 115 Å². The summed E-state index contributed by atoms with van der Waals surface area (Å²) in [5.41, 5.74) is 1.56. The van der Waals surface area contributed by atoms with E-state index in [0.717, 1.165) is 18.8 Å². The maximum Gasteiger partial charge on any atom is 0.244 e. The highest BCUT2D eigenvalue weighted by molar-refractivity contribution is 5.84. The summed E-state index contributed by atoms with van der Waals surface area (Å²) in [5, 5.41) is 8.78. The van der Waals surface area contributed by atoms with E-state index >= 15 is 0 Å². The zero-order chi connectivity index (χ0) is 14.4. The third-order valence-corrected chi connectivity index (χ3v) is 3.42. The minimum absolute atomic E-state index is 0.122. The lowest BCUT2D eigenvalue weighted by molar-refractivity contribution is -0.131. The van der Waals surface area contributed by atoms with Crippen molar-refractivity contribution in [2.75, 3.05) is 25.0 Å². The van der Waals surface area contributed by atoms with Gasteiger partial charge in [0.05, 0.1) is 11.6 Å². The van der Waals surface area contributed by atoms with E-state index in [4.69, 9.17) is 5.26 Å². The second-order valence-corrected chi connectivity index (χ2v) is 4.46. The molecule has 0 aliphatic rings. The zero-order valence-corrected chi connectivity index (χ0v) is 12.1. The molecule has 19 heavy (non-hydrogen) atoms. The SMILES string of the molecule is CCN(CC)C(=O)C(C)N(C)c1ccc(C#N)cc1. The Morgan fingerprint density at radius 3 is 2.21 bits per heavy atom. The van der Waals surface area contributed by atoms with Gasteiger partial charge < -0.3 is 9.80 Å². The van der Waals surface area contributed by atoms with Gasteiger partial charge in [-0.15, -0.1) is 0 Å². The molecule has 1 atom stereocenters. The van der Waals surface area contributed by atoms with Crippen LogP contribution in [-0.4, -0.2) is 37.0 Å². The third-order valence-electron chi connectivity index (χ3n) is 3.42. The maximum atomic E-state index is 12.3. The van der Waals surface area contributed by atoms with Crippen molar-refractivity contribution in [3.8, 4) is 6.07 Å². The smallest absolute Gasteiger partial charge is 0.244 e. The van der Waals surface area contributed by atoms with Crippen molar-refractivity contribution in [3.05, 3.63) is 29.8 Å². The van der Waals surface area contributed by atoms with Crippen LogP contribution in [-0.2, 0) is 4.79 Å². The van der Waals surface area contributed by atoms with E-state index in [-0.39, 0.29) is 11.9 Å². The molecule has 102 valence electrons. The summed E-state index contributed by atoms with van der Waals surface area (Å²) >= 11 is 0. The molecule has 0 heterocycles. The first kappa shape index (κ1) is 15.0. The minimum Gasteiger partial charge on any atom is -0.363 e. The molecule has 0 spiro atoms. The molecule has 0 saturated carbocycles. The monoisotopic (exact) mass is 259 g/mol. The zero-order valence-electron chi connectivity index (χ0n) is 12.1. The highest BCUT2D eigenvalue weighted by Gasteiger charge is 2.22. The van der Waals surface area contributed by atoms with Crippen molar-refractivity contribution >= 4 is 11.6 Å². The topological polar surface area (TPSA) is 47.3 Å². The van der Waals surface area contributed by atoms with Gasteiger partial charge >= 0.3 is 0 Å². The van der Waals surface area contributed by atoms with E-state index in [1.54, 1.807) is 12.1 Å². The van der Waals surface area contributed by atoms with E-state index in [1.165, 1.54) is 0 Å². The molecule has 1 rings (SSSR count). The van der Waals surface area contributed by atoms with Gasteiger partial charge in [0.15, 0.2) is 0 Å².